The van der Waals surface area contributed by atoms with Gasteiger partial charge in [-0.2, -0.15) is 0 Å². The van der Waals surface area contributed by atoms with Gasteiger partial charge in [0.2, 0.25) is 0 Å². The fourth-order valence-electron chi connectivity index (χ4n) is 1.77. The first-order valence-electron chi connectivity index (χ1n) is 5.43. The lowest BCUT2D eigenvalue weighted by atomic mass is 10.1. The van der Waals surface area contributed by atoms with Gasteiger partial charge in [-0.15, -0.1) is 0 Å². The number of aromatic nitrogens is 2. The van der Waals surface area contributed by atoms with Gasteiger partial charge in [0.15, 0.2) is 5.79 Å². The summed E-state index contributed by atoms with van der Waals surface area (Å²) in [4.78, 5) is 8.00. The second-order valence-electron chi connectivity index (χ2n) is 4.42. The molecule has 0 bridgehead atoms. The molecule has 0 unspecified atom stereocenters. The molecule has 5 heteroatoms. The molecular formula is C11H17N3O2. The van der Waals surface area contributed by atoms with Crippen LogP contribution in [0.2, 0.25) is 0 Å². The predicted molar refractivity (Wildman–Crippen MR) is 59.7 cm³/mol. The topological polar surface area (TPSA) is 70.3 Å². The smallest absolute Gasteiger partial charge is 0.163 e. The Bertz CT molecular complexity index is 368. The van der Waals surface area contributed by atoms with Crippen molar-refractivity contribution in [2.24, 2.45) is 0 Å². The van der Waals surface area contributed by atoms with Gasteiger partial charge in [0, 0.05) is 11.8 Å². The van der Waals surface area contributed by atoms with Crippen molar-refractivity contribution in [1.82, 2.24) is 9.97 Å². The van der Waals surface area contributed by atoms with E-state index in [0.717, 1.165) is 18.5 Å². The summed E-state index contributed by atoms with van der Waals surface area (Å²) < 4.78 is 11.2. The molecule has 2 heterocycles. The van der Waals surface area contributed by atoms with Gasteiger partial charge >= 0.3 is 0 Å². The maximum Gasteiger partial charge on any atom is 0.163 e. The van der Waals surface area contributed by atoms with Crippen molar-refractivity contribution in [2.75, 3.05) is 12.3 Å². The van der Waals surface area contributed by atoms with Gasteiger partial charge in [0.25, 0.3) is 0 Å². The maximum atomic E-state index is 5.70. The van der Waals surface area contributed by atoms with E-state index in [-0.39, 0.29) is 6.10 Å². The third-order valence-electron chi connectivity index (χ3n) is 2.53. The lowest BCUT2D eigenvalue weighted by Crippen LogP contribution is -2.21. The fourth-order valence-corrected chi connectivity index (χ4v) is 1.77. The zero-order chi connectivity index (χ0) is 11.6. The summed E-state index contributed by atoms with van der Waals surface area (Å²) >= 11 is 0. The normalized spacial score (nSPS) is 23.5. The van der Waals surface area contributed by atoms with Gasteiger partial charge in [-0.1, -0.05) is 0 Å². The highest BCUT2D eigenvalue weighted by Gasteiger charge is 2.32. The molecule has 16 heavy (non-hydrogen) atoms. The molecule has 5 nitrogen and oxygen atoms in total. The quantitative estimate of drug-likeness (QED) is 0.832. The van der Waals surface area contributed by atoms with Crippen molar-refractivity contribution >= 4 is 5.82 Å². The van der Waals surface area contributed by atoms with Crippen LogP contribution in [0.15, 0.2) is 12.4 Å². The van der Waals surface area contributed by atoms with E-state index < -0.39 is 5.79 Å². The molecule has 0 amide bonds. The number of aryl methyl sites for hydroxylation is 1. The molecule has 2 rings (SSSR count). The van der Waals surface area contributed by atoms with Gasteiger partial charge < -0.3 is 15.2 Å². The van der Waals surface area contributed by atoms with Crippen molar-refractivity contribution in [1.29, 1.82) is 0 Å². The number of anilines is 1. The van der Waals surface area contributed by atoms with Crippen LogP contribution in [-0.2, 0) is 15.9 Å². The van der Waals surface area contributed by atoms with Crippen LogP contribution in [-0.4, -0.2) is 28.5 Å². The maximum absolute atomic E-state index is 5.70. The highest BCUT2D eigenvalue weighted by molar-refractivity contribution is 5.27. The third kappa shape index (κ3) is 2.90. The number of nitrogens with zero attached hydrogens (tertiary/aromatic N) is 2. The molecule has 1 atom stereocenters. The van der Waals surface area contributed by atoms with E-state index in [1.807, 2.05) is 13.8 Å². The molecule has 0 spiro atoms. The highest BCUT2D eigenvalue weighted by Crippen LogP contribution is 2.24. The van der Waals surface area contributed by atoms with Crippen LogP contribution in [0.25, 0.3) is 0 Å². The van der Waals surface area contributed by atoms with E-state index in [1.165, 1.54) is 6.33 Å². The number of hydrogen-bond acceptors (Lipinski definition) is 5. The van der Waals surface area contributed by atoms with Crippen LogP contribution in [0.5, 0.6) is 0 Å². The Kier molecular flexibility index (Phi) is 3.07. The van der Waals surface area contributed by atoms with Gasteiger partial charge in [0.1, 0.15) is 12.1 Å². The molecule has 1 fully saturated rings. The predicted octanol–water partition coefficient (Wildman–Crippen LogP) is 1.14. The number of hydrogen-bond donors (Lipinski definition) is 1. The minimum Gasteiger partial charge on any atom is -0.384 e. The molecule has 88 valence electrons. The number of rotatable bonds is 3. The summed E-state index contributed by atoms with van der Waals surface area (Å²) in [5.41, 5.74) is 6.52. The third-order valence-corrected chi connectivity index (χ3v) is 2.53. The lowest BCUT2D eigenvalue weighted by Gasteiger charge is -2.16. The summed E-state index contributed by atoms with van der Waals surface area (Å²) in [6.07, 6.45) is 3.35. The second-order valence-corrected chi connectivity index (χ2v) is 4.42. The molecule has 0 aromatic carbocycles. The first kappa shape index (κ1) is 11.3. The van der Waals surface area contributed by atoms with Crippen molar-refractivity contribution in [3.63, 3.8) is 0 Å². The van der Waals surface area contributed by atoms with E-state index in [0.29, 0.717) is 12.4 Å². The number of nitrogens with two attached hydrogens (primary N) is 1. The monoisotopic (exact) mass is 223 g/mol. The van der Waals surface area contributed by atoms with Crippen LogP contribution in [0.1, 0.15) is 26.0 Å². The fraction of sp³-hybridized carbons (Fsp3) is 0.636. The molecule has 0 saturated carbocycles. The summed E-state index contributed by atoms with van der Waals surface area (Å²) in [6.45, 7) is 4.50. The molecule has 1 aromatic heterocycles. The van der Waals surface area contributed by atoms with Crippen molar-refractivity contribution in [2.45, 2.75) is 38.6 Å². The summed E-state index contributed by atoms with van der Waals surface area (Å²) in [5.74, 6) is 0.0592. The molecule has 1 saturated heterocycles. The highest BCUT2D eigenvalue weighted by atomic mass is 16.7. The minimum absolute atomic E-state index is 0.145. The van der Waals surface area contributed by atoms with Gasteiger partial charge in [-0.05, 0) is 26.7 Å². The minimum atomic E-state index is -0.449. The summed E-state index contributed by atoms with van der Waals surface area (Å²) in [7, 11) is 0. The van der Waals surface area contributed by atoms with E-state index >= 15 is 0 Å². The molecule has 0 aliphatic carbocycles. The first-order valence-corrected chi connectivity index (χ1v) is 5.43. The Morgan fingerprint density at radius 3 is 2.94 bits per heavy atom. The Hall–Kier alpha value is -1.20. The molecule has 2 N–H and O–H groups in total. The largest absolute Gasteiger partial charge is 0.384 e. The van der Waals surface area contributed by atoms with Gasteiger partial charge in [-0.25, -0.2) is 9.97 Å². The van der Waals surface area contributed by atoms with E-state index in [1.54, 1.807) is 6.07 Å². The molecule has 1 aliphatic heterocycles. The first-order chi connectivity index (χ1) is 7.55. The second kappa shape index (κ2) is 4.35. The SMILES string of the molecule is CC1(C)OC[C@@H](CCc2cc(N)ncn2)O1. The molecular weight excluding hydrogens is 206 g/mol. The van der Waals surface area contributed by atoms with Crippen LogP contribution in [0, 0.1) is 0 Å². The van der Waals surface area contributed by atoms with Crippen molar-refractivity contribution < 1.29 is 9.47 Å². The van der Waals surface area contributed by atoms with Crippen molar-refractivity contribution in [3.05, 3.63) is 18.1 Å². The Labute approximate surface area is 95.0 Å². The lowest BCUT2D eigenvalue weighted by molar-refractivity contribution is -0.138. The molecule has 1 aliphatic rings. The Morgan fingerprint density at radius 2 is 2.31 bits per heavy atom. The van der Waals surface area contributed by atoms with Crippen LogP contribution >= 0.6 is 0 Å². The standard InChI is InChI=1S/C11H17N3O2/c1-11(2)15-6-9(16-11)4-3-8-5-10(12)14-7-13-8/h5,7,9H,3-4,6H2,1-2H3,(H2,12,13,14)/t9-/m1/s1. The van der Waals surface area contributed by atoms with E-state index in [2.05, 4.69) is 9.97 Å². The molecule has 0 radical (unpaired) electrons. The van der Waals surface area contributed by atoms with Crippen LogP contribution < -0.4 is 5.73 Å². The van der Waals surface area contributed by atoms with E-state index in [4.69, 9.17) is 15.2 Å². The zero-order valence-corrected chi connectivity index (χ0v) is 9.64. The summed E-state index contributed by atoms with van der Waals surface area (Å²) in [5, 5.41) is 0. The summed E-state index contributed by atoms with van der Waals surface area (Å²) in [6, 6.07) is 1.79. The van der Waals surface area contributed by atoms with E-state index in [9.17, 15) is 0 Å². The Balaban J connectivity index is 1.84. The van der Waals surface area contributed by atoms with Gasteiger partial charge in [0.05, 0.1) is 12.7 Å². The van der Waals surface area contributed by atoms with Crippen molar-refractivity contribution in [3.8, 4) is 0 Å². The average Bonchev–Trinajstić information content (AvgIpc) is 2.56. The number of nitrogen functional groups attached to an aromatic ring is 1. The average molecular weight is 223 g/mol. The van der Waals surface area contributed by atoms with Gasteiger partial charge in [-0.3, -0.25) is 0 Å². The molecule has 1 aromatic rings. The van der Waals surface area contributed by atoms with Crippen LogP contribution in [0.3, 0.4) is 0 Å². The van der Waals surface area contributed by atoms with Crippen LogP contribution in [0.4, 0.5) is 5.82 Å². The zero-order valence-electron chi connectivity index (χ0n) is 9.64. The number of ether oxygens (including phenoxy) is 2. The Morgan fingerprint density at radius 1 is 1.50 bits per heavy atom.